The van der Waals surface area contributed by atoms with Crippen molar-refractivity contribution in [2.24, 2.45) is 4.99 Å². The number of guanidine groups is 1. The minimum Gasteiger partial charge on any atom is -0.381 e. The van der Waals surface area contributed by atoms with Crippen LogP contribution in [0.4, 0.5) is 5.00 Å². The number of halogens is 1. The van der Waals surface area contributed by atoms with Crippen LogP contribution in [-0.2, 0) is 9.47 Å². The molecular weight excluding hydrogens is 463 g/mol. The van der Waals surface area contributed by atoms with E-state index in [2.05, 4.69) is 38.0 Å². The summed E-state index contributed by atoms with van der Waals surface area (Å²) in [4.78, 5) is 6.87. The molecule has 1 aromatic heterocycles. The van der Waals surface area contributed by atoms with Gasteiger partial charge in [-0.05, 0) is 30.4 Å². The van der Waals surface area contributed by atoms with E-state index in [0.29, 0.717) is 6.04 Å². The number of nitrogens with zero attached hydrogens (tertiary/aromatic N) is 2. The van der Waals surface area contributed by atoms with E-state index in [1.807, 2.05) is 18.4 Å². The minimum absolute atomic E-state index is 0. The fourth-order valence-electron chi connectivity index (χ4n) is 3.52. The highest BCUT2D eigenvalue weighted by molar-refractivity contribution is 14.0. The van der Waals surface area contributed by atoms with E-state index < -0.39 is 0 Å². The van der Waals surface area contributed by atoms with Crippen molar-refractivity contribution in [1.82, 2.24) is 10.6 Å². The number of piperidine rings is 1. The molecule has 0 radical (unpaired) electrons. The Morgan fingerprint density at radius 3 is 2.69 bits per heavy atom. The molecule has 2 aliphatic heterocycles. The first-order chi connectivity index (χ1) is 12.2. The smallest absolute Gasteiger partial charge is 0.191 e. The lowest BCUT2D eigenvalue weighted by Gasteiger charge is -2.37. The summed E-state index contributed by atoms with van der Waals surface area (Å²) in [5.74, 6) is 0.873. The second-order valence-corrected chi connectivity index (χ2v) is 7.71. The summed E-state index contributed by atoms with van der Waals surface area (Å²) in [6.45, 7) is 4.48. The number of aliphatic imine (C=N–C) groups is 1. The predicted octanol–water partition coefficient (Wildman–Crippen LogP) is 2.70. The average molecular weight is 494 g/mol. The zero-order valence-electron chi connectivity index (χ0n) is 15.7. The molecule has 0 amide bonds. The number of methoxy groups -OCH3 is 1. The SMILES string of the molecule is CN=C(NCC1(OC)CCOCC1)NC1CCN(c2cccs2)CC1.I. The number of thiophene rings is 1. The van der Waals surface area contributed by atoms with Crippen LogP contribution in [-0.4, -0.2) is 64.6 Å². The predicted molar refractivity (Wildman–Crippen MR) is 119 cm³/mol. The molecule has 0 saturated carbocycles. The van der Waals surface area contributed by atoms with E-state index in [1.54, 1.807) is 7.11 Å². The fourth-order valence-corrected chi connectivity index (χ4v) is 4.31. The number of nitrogens with one attached hydrogen (secondary N) is 2. The van der Waals surface area contributed by atoms with Gasteiger partial charge in [0.15, 0.2) is 5.96 Å². The summed E-state index contributed by atoms with van der Waals surface area (Å²) in [5, 5.41) is 10.6. The van der Waals surface area contributed by atoms with Gasteiger partial charge < -0.3 is 25.0 Å². The Kier molecular flexibility index (Phi) is 8.92. The normalized spacial score (nSPS) is 21.2. The topological polar surface area (TPSA) is 58.1 Å². The van der Waals surface area contributed by atoms with E-state index >= 15 is 0 Å². The molecule has 6 nitrogen and oxygen atoms in total. The molecule has 148 valence electrons. The Morgan fingerprint density at radius 1 is 1.38 bits per heavy atom. The van der Waals surface area contributed by atoms with Crippen molar-refractivity contribution in [3.8, 4) is 0 Å². The highest BCUT2D eigenvalue weighted by atomic mass is 127. The average Bonchev–Trinajstić information content (AvgIpc) is 3.21. The zero-order valence-corrected chi connectivity index (χ0v) is 18.8. The Hall–Kier alpha value is -0.580. The van der Waals surface area contributed by atoms with Crippen molar-refractivity contribution < 1.29 is 9.47 Å². The first-order valence-corrected chi connectivity index (χ1v) is 10.0. The summed E-state index contributed by atoms with van der Waals surface area (Å²) in [5.41, 5.74) is -0.140. The molecular formula is C18H31IN4O2S. The van der Waals surface area contributed by atoms with Crippen LogP contribution in [0.2, 0.25) is 0 Å². The summed E-state index contributed by atoms with van der Waals surface area (Å²) in [6, 6.07) is 4.80. The van der Waals surface area contributed by atoms with Crippen LogP contribution < -0.4 is 15.5 Å². The van der Waals surface area contributed by atoms with Gasteiger partial charge in [-0.25, -0.2) is 0 Å². The molecule has 0 unspecified atom stereocenters. The van der Waals surface area contributed by atoms with Crippen LogP contribution in [0.3, 0.4) is 0 Å². The first-order valence-electron chi connectivity index (χ1n) is 9.13. The number of ether oxygens (including phenoxy) is 2. The van der Waals surface area contributed by atoms with Crippen molar-refractivity contribution in [3.63, 3.8) is 0 Å². The number of anilines is 1. The van der Waals surface area contributed by atoms with Crippen LogP contribution in [0.1, 0.15) is 25.7 Å². The van der Waals surface area contributed by atoms with Gasteiger partial charge in [0.1, 0.15) is 0 Å². The molecule has 0 bridgehead atoms. The third-order valence-corrected chi connectivity index (χ3v) is 6.22. The van der Waals surface area contributed by atoms with Gasteiger partial charge in [0.2, 0.25) is 0 Å². The van der Waals surface area contributed by atoms with Gasteiger partial charge in [0.05, 0.1) is 10.6 Å². The van der Waals surface area contributed by atoms with Crippen LogP contribution in [0.25, 0.3) is 0 Å². The summed E-state index contributed by atoms with van der Waals surface area (Å²) in [7, 11) is 3.63. The molecule has 0 aromatic carbocycles. The van der Waals surface area contributed by atoms with Gasteiger partial charge in [-0.2, -0.15) is 0 Å². The lowest BCUT2D eigenvalue weighted by atomic mass is 9.94. The molecule has 2 aliphatic rings. The van der Waals surface area contributed by atoms with Gasteiger partial charge in [-0.1, -0.05) is 0 Å². The van der Waals surface area contributed by atoms with E-state index in [0.717, 1.165) is 64.5 Å². The zero-order chi connectivity index (χ0) is 17.5. The molecule has 2 N–H and O–H groups in total. The van der Waals surface area contributed by atoms with Crippen molar-refractivity contribution in [3.05, 3.63) is 17.5 Å². The molecule has 0 spiro atoms. The number of hydrogen-bond acceptors (Lipinski definition) is 5. The molecule has 8 heteroatoms. The maximum Gasteiger partial charge on any atom is 0.191 e. The van der Waals surface area contributed by atoms with Crippen LogP contribution in [0.15, 0.2) is 22.5 Å². The lowest BCUT2D eigenvalue weighted by Crippen LogP contribution is -2.53. The van der Waals surface area contributed by atoms with Crippen molar-refractivity contribution in [2.75, 3.05) is 51.9 Å². The largest absolute Gasteiger partial charge is 0.381 e. The van der Waals surface area contributed by atoms with Gasteiger partial charge in [-0.3, -0.25) is 4.99 Å². The molecule has 2 saturated heterocycles. The molecule has 3 heterocycles. The van der Waals surface area contributed by atoms with Crippen molar-refractivity contribution >= 4 is 46.3 Å². The Labute approximate surface area is 177 Å². The molecule has 2 fully saturated rings. The van der Waals surface area contributed by atoms with Crippen LogP contribution in [0.5, 0.6) is 0 Å². The standard InChI is InChI=1S/C18H30N4O2S.HI/c1-19-17(20-14-18(23-2)7-11-24-12-8-18)21-15-5-9-22(10-6-15)16-4-3-13-25-16;/h3-4,13,15H,5-12,14H2,1-2H3,(H2,19,20,21);1H. The second kappa shape index (κ2) is 10.7. The molecule has 26 heavy (non-hydrogen) atoms. The molecule has 0 aliphatic carbocycles. The fraction of sp³-hybridized carbons (Fsp3) is 0.722. The number of rotatable bonds is 5. The number of hydrogen-bond donors (Lipinski definition) is 2. The third kappa shape index (κ3) is 5.71. The van der Waals surface area contributed by atoms with E-state index in [1.165, 1.54) is 5.00 Å². The Bertz CT molecular complexity index is 541. The van der Waals surface area contributed by atoms with E-state index in [9.17, 15) is 0 Å². The molecule has 3 rings (SSSR count). The minimum atomic E-state index is -0.140. The van der Waals surface area contributed by atoms with E-state index in [4.69, 9.17) is 9.47 Å². The third-order valence-electron chi connectivity index (χ3n) is 5.29. The lowest BCUT2D eigenvalue weighted by molar-refractivity contribution is -0.0855. The van der Waals surface area contributed by atoms with Crippen LogP contribution >= 0.6 is 35.3 Å². The Balaban J connectivity index is 0.00000243. The molecule has 1 aromatic rings. The highest BCUT2D eigenvalue weighted by Crippen LogP contribution is 2.25. The maximum absolute atomic E-state index is 5.79. The monoisotopic (exact) mass is 494 g/mol. The second-order valence-electron chi connectivity index (χ2n) is 6.78. The summed E-state index contributed by atoms with van der Waals surface area (Å²) >= 11 is 1.82. The Morgan fingerprint density at radius 2 is 2.12 bits per heavy atom. The van der Waals surface area contributed by atoms with Gasteiger partial charge in [0.25, 0.3) is 0 Å². The van der Waals surface area contributed by atoms with Gasteiger partial charge in [0, 0.05) is 65.9 Å². The van der Waals surface area contributed by atoms with Gasteiger partial charge in [-0.15, -0.1) is 35.3 Å². The van der Waals surface area contributed by atoms with E-state index in [-0.39, 0.29) is 29.6 Å². The van der Waals surface area contributed by atoms with Crippen molar-refractivity contribution in [1.29, 1.82) is 0 Å². The quantitative estimate of drug-likeness (QED) is 0.375. The van der Waals surface area contributed by atoms with Crippen LogP contribution in [0, 0.1) is 0 Å². The maximum atomic E-state index is 5.79. The first kappa shape index (κ1) is 21.7. The van der Waals surface area contributed by atoms with Gasteiger partial charge >= 0.3 is 0 Å². The summed E-state index contributed by atoms with van der Waals surface area (Å²) in [6.07, 6.45) is 4.10. The highest BCUT2D eigenvalue weighted by Gasteiger charge is 2.32. The van der Waals surface area contributed by atoms with Crippen molar-refractivity contribution in [2.45, 2.75) is 37.3 Å². The molecule has 0 atom stereocenters. The summed E-state index contributed by atoms with van der Waals surface area (Å²) < 4.78 is 11.3.